The Labute approximate surface area is 277 Å². The van der Waals surface area contributed by atoms with Crippen LogP contribution in [-0.2, 0) is 0 Å². The molecule has 2 nitrogen and oxygen atoms in total. The molecule has 216 valence electrons. The molecule has 0 N–H and O–H groups in total. The molecule has 0 saturated heterocycles. The lowest BCUT2D eigenvalue weighted by atomic mass is 10.00. The zero-order valence-corrected chi connectivity index (χ0v) is 27.0. The summed E-state index contributed by atoms with van der Waals surface area (Å²) in [7, 11) is 0. The van der Waals surface area contributed by atoms with Crippen molar-refractivity contribution in [2.75, 3.05) is 0 Å². The van der Waals surface area contributed by atoms with Crippen LogP contribution in [-0.4, -0.2) is 9.13 Å². The summed E-state index contributed by atoms with van der Waals surface area (Å²) in [6, 6.07) is 55.3. The smallest absolute Gasteiger partial charge is 0.0634 e. The third-order valence-electron chi connectivity index (χ3n) is 9.37. The summed E-state index contributed by atoms with van der Waals surface area (Å²) in [5.41, 5.74) is 9.65. The first-order valence-corrected chi connectivity index (χ1v) is 17.1. The maximum atomic E-state index is 3.89. The van der Waals surface area contributed by atoms with Crippen molar-refractivity contribution < 1.29 is 0 Å². The van der Waals surface area contributed by atoms with E-state index in [-0.39, 0.29) is 0 Å². The first-order valence-electron chi connectivity index (χ1n) is 15.5. The van der Waals surface area contributed by atoms with E-state index in [1.54, 1.807) is 0 Å². The fourth-order valence-electron chi connectivity index (χ4n) is 7.40. The van der Waals surface area contributed by atoms with Gasteiger partial charge in [-0.2, -0.15) is 0 Å². The van der Waals surface area contributed by atoms with Gasteiger partial charge in [-0.3, -0.25) is 0 Å². The minimum absolute atomic E-state index is 1.11. The van der Waals surface area contributed by atoms with Crippen molar-refractivity contribution in [3.63, 3.8) is 0 Å². The van der Waals surface area contributed by atoms with Crippen LogP contribution >= 0.6 is 27.3 Å². The number of hydrogen-bond acceptors (Lipinski definition) is 1. The Morgan fingerprint density at radius 3 is 1.83 bits per heavy atom. The van der Waals surface area contributed by atoms with Gasteiger partial charge in [-0.25, -0.2) is 0 Å². The van der Waals surface area contributed by atoms with Gasteiger partial charge >= 0.3 is 0 Å². The van der Waals surface area contributed by atoms with Gasteiger partial charge in [-0.05, 0) is 83.9 Å². The number of hydrogen-bond donors (Lipinski definition) is 0. The van der Waals surface area contributed by atoms with Crippen LogP contribution in [0.1, 0.15) is 0 Å². The topological polar surface area (TPSA) is 9.86 Å². The number of rotatable bonds is 3. The predicted molar refractivity (Wildman–Crippen MR) is 201 cm³/mol. The molecular formula is C42H25BrN2S. The summed E-state index contributed by atoms with van der Waals surface area (Å²) in [6.07, 6.45) is 0. The highest BCUT2D eigenvalue weighted by Crippen LogP contribution is 2.44. The molecule has 0 fully saturated rings. The maximum Gasteiger partial charge on any atom is 0.0634 e. The SMILES string of the molecule is Brc1cccc2c1c1cc(-c3ccc4c(c3)c3ccc5sc6ccccc6c5c3n4-c3ccccc3)ccc1n2-c1ccccc1. The summed E-state index contributed by atoms with van der Waals surface area (Å²) in [6.45, 7) is 0. The molecule has 10 rings (SSSR count). The van der Waals surface area contributed by atoms with E-state index in [1.165, 1.54) is 80.6 Å². The van der Waals surface area contributed by atoms with Crippen molar-refractivity contribution in [3.8, 4) is 22.5 Å². The molecule has 0 aliphatic rings. The van der Waals surface area contributed by atoms with E-state index in [9.17, 15) is 0 Å². The number of benzene rings is 7. The van der Waals surface area contributed by atoms with Crippen LogP contribution < -0.4 is 0 Å². The average molecular weight is 670 g/mol. The van der Waals surface area contributed by atoms with Gasteiger partial charge in [0, 0.05) is 57.6 Å². The number of thiophene rings is 1. The molecule has 0 aliphatic carbocycles. The second-order valence-electron chi connectivity index (χ2n) is 11.9. The van der Waals surface area contributed by atoms with E-state index in [0.717, 1.165) is 10.2 Å². The van der Waals surface area contributed by atoms with Crippen molar-refractivity contribution in [1.29, 1.82) is 0 Å². The Hall–Kier alpha value is -5.16. The zero-order chi connectivity index (χ0) is 30.4. The number of fused-ring (bicyclic) bond motifs is 10. The van der Waals surface area contributed by atoms with Crippen LogP contribution in [0.4, 0.5) is 0 Å². The molecular weight excluding hydrogens is 644 g/mol. The van der Waals surface area contributed by atoms with Crippen molar-refractivity contribution in [2.24, 2.45) is 0 Å². The Kier molecular flexibility index (Phi) is 5.63. The molecule has 0 aliphatic heterocycles. The van der Waals surface area contributed by atoms with E-state index < -0.39 is 0 Å². The van der Waals surface area contributed by atoms with Gasteiger partial charge in [-0.15, -0.1) is 11.3 Å². The highest BCUT2D eigenvalue weighted by atomic mass is 79.9. The van der Waals surface area contributed by atoms with Gasteiger partial charge in [0.05, 0.1) is 22.1 Å². The largest absolute Gasteiger partial charge is 0.309 e. The number of halogens is 1. The van der Waals surface area contributed by atoms with E-state index in [0.29, 0.717) is 0 Å². The summed E-state index contributed by atoms with van der Waals surface area (Å²) in [4.78, 5) is 0. The minimum atomic E-state index is 1.11. The molecule has 0 saturated carbocycles. The van der Waals surface area contributed by atoms with Gasteiger partial charge < -0.3 is 9.13 Å². The first-order chi connectivity index (χ1) is 22.7. The van der Waals surface area contributed by atoms with E-state index in [1.807, 2.05) is 11.3 Å². The Morgan fingerprint density at radius 2 is 1.07 bits per heavy atom. The van der Waals surface area contributed by atoms with Gasteiger partial charge in [-0.1, -0.05) is 94.8 Å². The Balaban J connectivity index is 1.26. The Morgan fingerprint density at radius 1 is 0.413 bits per heavy atom. The third kappa shape index (κ3) is 3.69. The van der Waals surface area contributed by atoms with E-state index in [4.69, 9.17) is 0 Å². The molecule has 3 aromatic heterocycles. The van der Waals surface area contributed by atoms with Gasteiger partial charge in [0.15, 0.2) is 0 Å². The van der Waals surface area contributed by atoms with Crippen LogP contribution in [0.15, 0.2) is 156 Å². The maximum absolute atomic E-state index is 3.89. The molecule has 10 aromatic rings. The van der Waals surface area contributed by atoms with Crippen LogP contribution in [0, 0.1) is 0 Å². The van der Waals surface area contributed by atoms with Crippen molar-refractivity contribution >= 4 is 91.1 Å². The van der Waals surface area contributed by atoms with Gasteiger partial charge in [0.2, 0.25) is 0 Å². The van der Waals surface area contributed by atoms with Crippen molar-refractivity contribution in [3.05, 3.63) is 156 Å². The Bertz CT molecular complexity index is 2800. The molecule has 0 bridgehead atoms. The normalized spacial score (nSPS) is 12.0. The molecule has 7 aromatic carbocycles. The molecule has 0 atom stereocenters. The number of para-hydroxylation sites is 2. The van der Waals surface area contributed by atoms with Crippen LogP contribution in [0.5, 0.6) is 0 Å². The van der Waals surface area contributed by atoms with Crippen LogP contribution in [0.3, 0.4) is 0 Å². The molecule has 4 heteroatoms. The molecule has 3 heterocycles. The highest BCUT2D eigenvalue weighted by molar-refractivity contribution is 9.10. The molecule has 0 radical (unpaired) electrons. The highest BCUT2D eigenvalue weighted by Gasteiger charge is 2.20. The lowest BCUT2D eigenvalue weighted by molar-refractivity contribution is 1.18. The average Bonchev–Trinajstić information content (AvgIpc) is 3.76. The van der Waals surface area contributed by atoms with Crippen LogP contribution in [0.2, 0.25) is 0 Å². The van der Waals surface area contributed by atoms with E-state index >= 15 is 0 Å². The summed E-state index contributed by atoms with van der Waals surface area (Å²) in [5, 5.41) is 7.67. The third-order valence-corrected chi connectivity index (χ3v) is 11.2. The quantitative estimate of drug-likeness (QED) is 0.177. The lowest BCUT2D eigenvalue weighted by Crippen LogP contribution is -1.93. The van der Waals surface area contributed by atoms with Gasteiger partial charge in [0.25, 0.3) is 0 Å². The second-order valence-corrected chi connectivity index (χ2v) is 13.8. The summed E-state index contributed by atoms with van der Waals surface area (Å²) < 4.78 is 8.58. The first kappa shape index (κ1) is 26.1. The monoisotopic (exact) mass is 668 g/mol. The zero-order valence-electron chi connectivity index (χ0n) is 24.6. The lowest BCUT2D eigenvalue weighted by Gasteiger charge is -2.10. The summed E-state index contributed by atoms with van der Waals surface area (Å²) >= 11 is 5.76. The fourth-order valence-corrected chi connectivity index (χ4v) is 9.08. The predicted octanol–water partition coefficient (Wildman–Crippen LogP) is 12.7. The van der Waals surface area contributed by atoms with Crippen molar-refractivity contribution in [1.82, 2.24) is 9.13 Å². The molecule has 0 spiro atoms. The fraction of sp³-hybridized carbons (Fsp3) is 0. The molecule has 0 amide bonds. The molecule has 0 unspecified atom stereocenters. The second kappa shape index (κ2) is 9.92. The number of aromatic nitrogens is 2. The van der Waals surface area contributed by atoms with Crippen LogP contribution in [0.25, 0.3) is 86.3 Å². The summed E-state index contributed by atoms with van der Waals surface area (Å²) in [5.74, 6) is 0. The molecule has 46 heavy (non-hydrogen) atoms. The van der Waals surface area contributed by atoms with Gasteiger partial charge in [0.1, 0.15) is 0 Å². The van der Waals surface area contributed by atoms with E-state index in [2.05, 4.69) is 177 Å². The minimum Gasteiger partial charge on any atom is -0.309 e. The van der Waals surface area contributed by atoms with Crippen molar-refractivity contribution in [2.45, 2.75) is 0 Å². The standard InChI is InChI=1S/C42H25BrN2S/c43-34-15-9-16-37-40(34)33-25-27(19-22-36(33)44(37)28-10-3-1-4-11-28)26-18-21-35-32(24-26)30-20-23-39-41(31-14-7-8-17-38(31)46-39)42(30)45(35)29-12-5-2-6-13-29/h1-25H. The number of nitrogens with zero attached hydrogens (tertiary/aromatic N) is 2.